The van der Waals surface area contributed by atoms with E-state index in [0.29, 0.717) is 5.69 Å². The number of rotatable bonds is 2. The van der Waals surface area contributed by atoms with E-state index in [2.05, 4.69) is 9.71 Å². The minimum atomic E-state index is -3.29. The van der Waals surface area contributed by atoms with Crippen LogP contribution < -0.4 is 4.72 Å². The fourth-order valence-electron chi connectivity index (χ4n) is 0.801. The Morgan fingerprint density at radius 2 is 2.08 bits per heavy atom. The van der Waals surface area contributed by atoms with Crippen LogP contribution in [-0.4, -0.2) is 19.7 Å². The van der Waals surface area contributed by atoms with Crippen LogP contribution in [0.5, 0.6) is 0 Å². The van der Waals surface area contributed by atoms with Crippen LogP contribution in [0.1, 0.15) is 5.69 Å². The second-order valence-electron chi connectivity index (χ2n) is 2.67. The molecule has 0 bridgehead atoms. The maximum atomic E-state index is 10.8. The van der Waals surface area contributed by atoms with Gasteiger partial charge in [-0.15, -0.1) is 0 Å². The number of hydrogen-bond donors (Lipinski definition) is 1. The summed E-state index contributed by atoms with van der Waals surface area (Å²) in [7, 11) is -3.29. The number of hydrogen-bond acceptors (Lipinski definition) is 3. The molecule has 0 aliphatic rings. The summed E-state index contributed by atoms with van der Waals surface area (Å²) in [5, 5.41) is 0.158. The van der Waals surface area contributed by atoms with Gasteiger partial charge in [0.1, 0.15) is 0 Å². The van der Waals surface area contributed by atoms with E-state index in [1.807, 2.05) is 0 Å². The number of anilines is 1. The third kappa shape index (κ3) is 3.20. The van der Waals surface area contributed by atoms with Gasteiger partial charge in [0, 0.05) is 5.69 Å². The van der Waals surface area contributed by atoms with Crippen LogP contribution in [0.25, 0.3) is 0 Å². The molecular weight excluding hydrogens is 212 g/mol. The zero-order chi connectivity index (χ0) is 10.1. The maximum Gasteiger partial charge on any atom is 0.229 e. The van der Waals surface area contributed by atoms with Crippen LogP contribution in [0.3, 0.4) is 0 Å². The van der Waals surface area contributed by atoms with Gasteiger partial charge in [-0.25, -0.2) is 13.4 Å². The first kappa shape index (κ1) is 10.3. The summed E-state index contributed by atoms with van der Waals surface area (Å²) in [5.41, 5.74) is 1.04. The van der Waals surface area contributed by atoms with Crippen molar-refractivity contribution in [2.24, 2.45) is 0 Å². The highest BCUT2D eigenvalue weighted by Gasteiger charge is 2.06. The van der Waals surface area contributed by atoms with E-state index in [1.165, 1.54) is 0 Å². The van der Waals surface area contributed by atoms with Crippen molar-refractivity contribution in [3.8, 4) is 0 Å². The van der Waals surface area contributed by atoms with E-state index in [-0.39, 0.29) is 5.15 Å². The molecule has 72 valence electrons. The first-order chi connectivity index (χ1) is 5.88. The lowest BCUT2D eigenvalue weighted by Gasteiger charge is -2.05. The van der Waals surface area contributed by atoms with Gasteiger partial charge in [-0.1, -0.05) is 11.6 Å². The first-order valence-electron chi connectivity index (χ1n) is 3.49. The van der Waals surface area contributed by atoms with Crippen LogP contribution in [0, 0.1) is 6.92 Å². The third-order valence-corrected chi connectivity index (χ3v) is 2.16. The van der Waals surface area contributed by atoms with E-state index in [4.69, 9.17) is 11.6 Å². The predicted octanol–water partition coefficient (Wildman–Crippen LogP) is 1.41. The molecule has 0 radical (unpaired) electrons. The number of pyridine rings is 1. The molecule has 0 unspecified atom stereocenters. The monoisotopic (exact) mass is 220 g/mol. The lowest BCUT2D eigenvalue weighted by molar-refractivity contribution is 0.607. The minimum absolute atomic E-state index is 0.158. The molecule has 1 aromatic heterocycles. The van der Waals surface area contributed by atoms with E-state index in [1.54, 1.807) is 19.1 Å². The maximum absolute atomic E-state index is 10.8. The molecule has 4 nitrogen and oxygen atoms in total. The highest BCUT2D eigenvalue weighted by atomic mass is 35.5. The second-order valence-corrected chi connectivity index (χ2v) is 4.77. The van der Waals surface area contributed by atoms with Crippen molar-refractivity contribution in [2.45, 2.75) is 6.92 Å². The van der Waals surface area contributed by atoms with Gasteiger partial charge in [-0.2, -0.15) is 0 Å². The van der Waals surface area contributed by atoms with Crippen molar-refractivity contribution in [1.82, 2.24) is 4.98 Å². The van der Waals surface area contributed by atoms with Gasteiger partial charge in [-0.3, -0.25) is 4.72 Å². The van der Waals surface area contributed by atoms with Gasteiger partial charge in [-0.05, 0) is 19.1 Å². The molecule has 13 heavy (non-hydrogen) atoms. The summed E-state index contributed by atoms with van der Waals surface area (Å²) in [6.07, 6.45) is 1.06. The van der Waals surface area contributed by atoms with Gasteiger partial charge >= 0.3 is 0 Å². The van der Waals surface area contributed by atoms with Crippen LogP contribution in [0.4, 0.5) is 5.69 Å². The van der Waals surface area contributed by atoms with Gasteiger partial charge < -0.3 is 0 Å². The largest absolute Gasteiger partial charge is 0.281 e. The van der Waals surface area contributed by atoms with Gasteiger partial charge in [0.05, 0.1) is 11.9 Å². The number of aromatic nitrogens is 1. The topological polar surface area (TPSA) is 59.1 Å². The zero-order valence-corrected chi connectivity index (χ0v) is 8.78. The molecule has 0 aromatic carbocycles. The predicted molar refractivity (Wildman–Crippen MR) is 52.5 cm³/mol. The Hall–Kier alpha value is -0.810. The van der Waals surface area contributed by atoms with Crippen molar-refractivity contribution in [3.63, 3.8) is 0 Å². The highest BCUT2D eigenvalue weighted by molar-refractivity contribution is 7.92. The number of halogens is 1. The standard InChI is InChI=1S/C7H9ClN2O2S/c1-5-3-4-6(7(8)9-5)10-13(2,11)12/h3-4,10H,1-2H3. The Labute approximate surface area is 82.0 Å². The Balaban J connectivity index is 3.04. The molecule has 6 heteroatoms. The quantitative estimate of drug-likeness (QED) is 0.767. The second kappa shape index (κ2) is 3.51. The number of sulfonamides is 1. The Morgan fingerprint density at radius 1 is 1.46 bits per heavy atom. The summed E-state index contributed by atoms with van der Waals surface area (Å²) in [6.45, 7) is 1.77. The molecule has 1 rings (SSSR count). The van der Waals surface area contributed by atoms with E-state index >= 15 is 0 Å². The van der Waals surface area contributed by atoms with Crippen molar-refractivity contribution < 1.29 is 8.42 Å². The summed E-state index contributed by atoms with van der Waals surface area (Å²) in [6, 6.07) is 3.26. The van der Waals surface area contributed by atoms with E-state index < -0.39 is 10.0 Å². The molecule has 0 aliphatic heterocycles. The zero-order valence-electron chi connectivity index (χ0n) is 7.20. The van der Waals surface area contributed by atoms with Gasteiger partial charge in [0.15, 0.2) is 5.15 Å². The molecule has 0 spiro atoms. The highest BCUT2D eigenvalue weighted by Crippen LogP contribution is 2.19. The van der Waals surface area contributed by atoms with Crippen LogP contribution >= 0.6 is 11.6 Å². The van der Waals surface area contributed by atoms with E-state index in [0.717, 1.165) is 11.9 Å². The average Bonchev–Trinajstić information content (AvgIpc) is 1.93. The smallest absolute Gasteiger partial charge is 0.229 e. The molecule has 1 heterocycles. The van der Waals surface area contributed by atoms with Crippen LogP contribution in [0.15, 0.2) is 12.1 Å². The Kier molecular flexibility index (Phi) is 2.77. The third-order valence-electron chi connectivity index (χ3n) is 1.28. The fourth-order valence-corrected chi connectivity index (χ4v) is 1.66. The summed E-state index contributed by atoms with van der Waals surface area (Å²) < 4.78 is 23.9. The van der Waals surface area contributed by atoms with Crippen molar-refractivity contribution in [3.05, 3.63) is 23.0 Å². The number of nitrogens with zero attached hydrogens (tertiary/aromatic N) is 1. The first-order valence-corrected chi connectivity index (χ1v) is 5.76. The van der Waals surface area contributed by atoms with Crippen molar-refractivity contribution in [2.75, 3.05) is 11.0 Å². The van der Waals surface area contributed by atoms with Gasteiger partial charge in [0.2, 0.25) is 10.0 Å². The molecular formula is C7H9ClN2O2S. The molecule has 0 atom stereocenters. The number of aryl methyl sites for hydroxylation is 1. The normalized spacial score (nSPS) is 11.3. The molecule has 0 saturated carbocycles. The number of nitrogens with one attached hydrogen (secondary N) is 1. The minimum Gasteiger partial charge on any atom is -0.281 e. The van der Waals surface area contributed by atoms with E-state index in [9.17, 15) is 8.42 Å². The van der Waals surface area contributed by atoms with Crippen LogP contribution in [-0.2, 0) is 10.0 Å². The summed E-state index contributed by atoms with van der Waals surface area (Å²) in [5.74, 6) is 0. The SMILES string of the molecule is Cc1ccc(NS(C)(=O)=O)c(Cl)n1. The lowest BCUT2D eigenvalue weighted by Crippen LogP contribution is -2.10. The molecule has 1 N–H and O–H groups in total. The molecule has 0 fully saturated rings. The summed E-state index contributed by atoms with van der Waals surface area (Å²) >= 11 is 5.70. The summed E-state index contributed by atoms with van der Waals surface area (Å²) in [4.78, 5) is 3.90. The van der Waals surface area contributed by atoms with Crippen LogP contribution in [0.2, 0.25) is 5.15 Å². The van der Waals surface area contributed by atoms with Crippen molar-refractivity contribution >= 4 is 27.3 Å². The Morgan fingerprint density at radius 3 is 2.54 bits per heavy atom. The van der Waals surface area contributed by atoms with Gasteiger partial charge in [0.25, 0.3) is 0 Å². The Bertz CT molecular complexity index is 417. The lowest BCUT2D eigenvalue weighted by atomic mass is 10.3. The average molecular weight is 221 g/mol. The molecule has 0 aliphatic carbocycles. The molecule has 0 amide bonds. The molecule has 0 saturated heterocycles. The fraction of sp³-hybridized carbons (Fsp3) is 0.286. The molecule has 1 aromatic rings. The van der Waals surface area contributed by atoms with Crippen molar-refractivity contribution in [1.29, 1.82) is 0 Å².